The van der Waals surface area contributed by atoms with Crippen LogP contribution in [-0.4, -0.2) is 39.8 Å². The lowest BCUT2D eigenvalue weighted by molar-refractivity contribution is 0.511. The van der Waals surface area contributed by atoms with Gasteiger partial charge in [-0.05, 0) is 24.3 Å². The van der Waals surface area contributed by atoms with Gasteiger partial charge in [-0.2, -0.15) is 0 Å². The molecule has 2 aliphatic heterocycles. The first-order valence-electron chi connectivity index (χ1n) is 7.24. The molecule has 0 spiro atoms. The summed E-state index contributed by atoms with van der Waals surface area (Å²) in [6, 6.07) is 9.23. The Morgan fingerprint density at radius 1 is 1.26 bits per heavy atom. The zero-order chi connectivity index (χ0) is 15.8. The molecule has 3 heterocycles. The number of hydrogen-bond donors (Lipinski definition) is 1. The minimum absolute atomic E-state index is 0.110. The lowest BCUT2D eigenvalue weighted by Crippen LogP contribution is -2.36. The molecule has 0 saturated heterocycles. The van der Waals surface area contributed by atoms with Crippen LogP contribution in [0.25, 0.3) is 5.76 Å². The van der Waals surface area contributed by atoms with Crippen molar-refractivity contribution in [2.24, 2.45) is 9.98 Å². The molecule has 0 bridgehead atoms. The van der Waals surface area contributed by atoms with Crippen LogP contribution in [0.4, 0.5) is 5.69 Å². The predicted molar refractivity (Wildman–Crippen MR) is 91.5 cm³/mol. The number of amidine groups is 2. The number of aliphatic imine (C=N–C) groups is 2. The van der Waals surface area contributed by atoms with Gasteiger partial charge in [0.2, 0.25) is 0 Å². The van der Waals surface area contributed by atoms with Crippen LogP contribution in [0.1, 0.15) is 11.1 Å². The molecule has 0 amide bonds. The predicted octanol–water partition coefficient (Wildman–Crippen LogP) is 3.44. The summed E-state index contributed by atoms with van der Waals surface area (Å²) in [7, 11) is 0. The lowest BCUT2D eigenvalue weighted by atomic mass is 10.1. The zero-order valence-corrected chi connectivity index (χ0v) is 12.9. The summed E-state index contributed by atoms with van der Waals surface area (Å²) in [5.74, 6) is 1.59. The minimum atomic E-state index is 0.110. The molecule has 0 saturated carbocycles. The highest BCUT2D eigenvalue weighted by atomic mass is 35.5. The first kappa shape index (κ1) is 14.0. The summed E-state index contributed by atoms with van der Waals surface area (Å²) in [5.41, 5.74) is 2.25. The maximum Gasteiger partial charge on any atom is 0.138 e. The average Bonchev–Trinajstić information content (AvgIpc) is 3.07. The molecule has 0 atom stereocenters. The fourth-order valence-electron chi connectivity index (χ4n) is 2.72. The van der Waals surface area contributed by atoms with E-state index < -0.39 is 0 Å². The number of benzene rings is 1. The monoisotopic (exact) mass is 324 g/mol. The van der Waals surface area contributed by atoms with Gasteiger partial charge >= 0.3 is 0 Å². The summed E-state index contributed by atoms with van der Waals surface area (Å²) in [6.07, 6.45) is 4.90. The van der Waals surface area contributed by atoms with Gasteiger partial charge in [0.1, 0.15) is 17.4 Å². The van der Waals surface area contributed by atoms with E-state index in [1.165, 1.54) is 0 Å². The van der Waals surface area contributed by atoms with E-state index in [0.29, 0.717) is 28.7 Å². The fourth-order valence-corrected chi connectivity index (χ4v) is 2.93. The quantitative estimate of drug-likeness (QED) is 0.861. The second-order valence-corrected chi connectivity index (χ2v) is 5.64. The van der Waals surface area contributed by atoms with E-state index in [-0.39, 0.29) is 5.76 Å². The van der Waals surface area contributed by atoms with Gasteiger partial charge in [0, 0.05) is 36.1 Å². The molecule has 6 heteroatoms. The standard InChI is InChI=1S/C17H13ClN4O/c18-13-5-1-4-12-16(13)21-15(22-8-7-20-17(12)22)9-14(23)11-3-2-6-19-10-11/h1-6,9-10,23H,7-8H2/b14-9-. The van der Waals surface area contributed by atoms with E-state index in [2.05, 4.69) is 15.0 Å². The lowest BCUT2D eigenvalue weighted by Gasteiger charge is -2.26. The van der Waals surface area contributed by atoms with Gasteiger partial charge in [-0.1, -0.05) is 17.7 Å². The Balaban J connectivity index is 1.83. The number of aliphatic hydroxyl groups is 1. The Bertz CT molecular complexity index is 858. The molecule has 114 valence electrons. The molecule has 0 radical (unpaired) electrons. The molecule has 23 heavy (non-hydrogen) atoms. The maximum atomic E-state index is 10.4. The van der Waals surface area contributed by atoms with E-state index in [4.69, 9.17) is 11.6 Å². The summed E-state index contributed by atoms with van der Waals surface area (Å²) >= 11 is 6.28. The highest BCUT2D eigenvalue weighted by molar-refractivity contribution is 6.35. The zero-order valence-electron chi connectivity index (χ0n) is 12.1. The van der Waals surface area contributed by atoms with Crippen molar-refractivity contribution in [1.29, 1.82) is 0 Å². The first-order chi connectivity index (χ1) is 11.2. The van der Waals surface area contributed by atoms with Crippen molar-refractivity contribution in [2.45, 2.75) is 0 Å². The van der Waals surface area contributed by atoms with E-state index >= 15 is 0 Å². The Hall–Kier alpha value is -2.66. The number of aromatic nitrogens is 1. The van der Waals surface area contributed by atoms with Gasteiger partial charge in [-0.25, -0.2) is 4.99 Å². The van der Waals surface area contributed by atoms with Gasteiger partial charge in [-0.3, -0.25) is 9.98 Å². The molecular weight excluding hydrogens is 312 g/mol. The van der Waals surface area contributed by atoms with Crippen molar-refractivity contribution in [2.75, 3.05) is 13.1 Å². The third-order valence-electron chi connectivity index (χ3n) is 3.79. The highest BCUT2D eigenvalue weighted by Crippen LogP contribution is 2.35. The molecule has 5 nitrogen and oxygen atoms in total. The van der Waals surface area contributed by atoms with Crippen molar-refractivity contribution in [3.63, 3.8) is 0 Å². The average molecular weight is 325 g/mol. The van der Waals surface area contributed by atoms with Crippen LogP contribution in [0.15, 0.2) is 58.8 Å². The molecule has 1 aromatic carbocycles. The van der Waals surface area contributed by atoms with Crippen molar-refractivity contribution in [1.82, 2.24) is 9.88 Å². The molecule has 2 aromatic rings. The van der Waals surface area contributed by atoms with Gasteiger partial charge in [0.25, 0.3) is 0 Å². The molecule has 1 aromatic heterocycles. The molecule has 0 fully saturated rings. The first-order valence-corrected chi connectivity index (χ1v) is 7.62. The van der Waals surface area contributed by atoms with Crippen LogP contribution in [-0.2, 0) is 0 Å². The van der Waals surface area contributed by atoms with Crippen LogP contribution in [0.3, 0.4) is 0 Å². The van der Waals surface area contributed by atoms with Crippen molar-refractivity contribution in [3.05, 3.63) is 65.0 Å². The van der Waals surface area contributed by atoms with Gasteiger partial charge in [0.15, 0.2) is 0 Å². The normalized spacial score (nSPS) is 16.6. The molecular formula is C17H13ClN4O. The number of rotatable bonds is 2. The Morgan fingerprint density at radius 3 is 3.00 bits per heavy atom. The summed E-state index contributed by atoms with van der Waals surface area (Å²) in [4.78, 5) is 15.2. The molecule has 0 aliphatic carbocycles. The minimum Gasteiger partial charge on any atom is -0.507 e. The Labute approximate surface area is 138 Å². The van der Waals surface area contributed by atoms with Crippen molar-refractivity contribution in [3.8, 4) is 0 Å². The topological polar surface area (TPSA) is 61.1 Å². The number of fused-ring (bicyclic) bond motifs is 3. The molecule has 4 rings (SSSR count). The molecule has 1 N–H and O–H groups in total. The van der Waals surface area contributed by atoms with Crippen molar-refractivity contribution >= 4 is 34.7 Å². The smallest absolute Gasteiger partial charge is 0.138 e. The summed E-state index contributed by atoms with van der Waals surface area (Å²) < 4.78 is 0. The van der Waals surface area contributed by atoms with E-state index in [9.17, 15) is 5.11 Å². The number of pyridine rings is 1. The summed E-state index contributed by atoms with van der Waals surface area (Å²) in [6.45, 7) is 1.43. The van der Waals surface area contributed by atoms with Crippen LogP contribution in [0, 0.1) is 0 Å². The number of para-hydroxylation sites is 1. The Morgan fingerprint density at radius 2 is 2.17 bits per heavy atom. The van der Waals surface area contributed by atoms with Crippen molar-refractivity contribution < 1.29 is 5.11 Å². The number of hydrogen-bond acceptors (Lipinski definition) is 5. The van der Waals surface area contributed by atoms with E-state index in [0.717, 1.165) is 17.9 Å². The fraction of sp³-hybridized carbons (Fsp3) is 0.118. The summed E-state index contributed by atoms with van der Waals surface area (Å²) in [5, 5.41) is 10.9. The van der Waals surface area contributed by atoms with Crippen LogP contribution in [0.5, 0.6) is 0 Å². The van der Waals surface area contributed by atoms with E-state index in [1.807, 2.05) is 17.0 Å². The van der Waals surface area contributed by atoms with Crippen LogP contribution >= 0.6 is 11.6 Å². The second-order valence-electron chi connectivity index (χ2n) is 5.23. The maximum absolute atomic E-state index is 10.4. The second kappa shape index (κ2) is 5.52. The third kappa shape index (κ3) is 2.39. The SMILES string of the molecule is O/C(=C\C1=Nc2c(Cl)cccc2C2=NCCN12)c1cccnc1. The highest BCUT2D eigenvalue weighted by Gasteiger charge is 2.29. The largest absolute Gasteiger partial charge is 0.507 e. The number of nitrogens with zero attached hydrogens (tertiary/aromatic N) is 4. The molecule has 2 aliphatic rings. The third-order valence-corrected chi connectivity index (χ3v) is 4.10. The van der Waals surface area contributed by atoms with Gasteiger partial charge in [0.05, 0.1) is 17.3 Å². The number of aliphatic hydroxyl groups excluding tert-OH is 1. The van der Waals surface area contributed by atoms with Gasteiger partial charge < -0.3 is 10.0 Å². The van der Waals surface area contributed by atoms with Gasteiger partial charge in [-0.15, -0.1) is 0 Å². The van der Waals surface area contributed by atoms with Crippen LogP contribution in [0.2, 0.25) is 5.02 Å². The molecule has 0 unspecified atom stereocenters. The van der Waals surface area contributed by atoms with E-state index in [1.54, 1.807) is 36.7 Å². The number of halogens is 1. The van der Waals surface area contributed by atoms with Crippen LogP contribution < -0.4 is 0 Å². The Kier molecular flexibility index (Phi) is 3.35.